The van der Waals surface area contributed by atoms with Crippen molar-refractivity contribution in [3.8, 4) is 0 Å². The average Bonchev–Trinajstić information content (AvgIpc) is 2.69. The first kappa shape index (κ1) is 18.8. The maximum Gasteiger partial charge on any atom is 0.262 e. The van der Waals surface area contributed by atoms with Crippen LogP contribution in [0.4, 0.5) is 15.9 Å². The normalized spacial score (nSPS) is 11.6. The lowest BCUT2D eigenvalue weighted by Crippen LogP contribution is -2.22. The maximum absolute atomic E-state index is 13.6. The summed E-state index contributed by atoms with van der Waals surface area (Å²) < 4.78 is 19.4. The van der Waals surface area contributed by atoms with E-state index >= 15 is 0 Å². The van der Waals surface area contributed by atoms with Crippen LogP contribution in [0.25, 0.3) is 11.0 Å². The van der Waals surface area contributed by atoms with Gasteiger partial charge in [0.05, 0.1) is 5.69 Å². The van der Waals surface area contributed by atoms with Gasteiger partial charge < -0.3 is 9.73 Å². The zero-order valence-corrected chi connectivity index (χ0v) is 16.1. The number of hydrogen-bond donors (Lipinski definition) is 1. The Morgan fingerprint density at radius 1 is 1.14 bits per heavy atom. The molecule has 7 heteroatoms. The van der Waals surface area contributed by atoms with Gasteiger partial charge in [0.1, 0.15) is 22.8 Å². The number of nitrogens with zero attached hydrogens (tertiary/aromatic N) is 2. The van der Waals surface area contributed by atoms with E-state index in [4.69, 9.17) is 16.0 Å². The van der Waals surface area contributed by atoms with E-state index in [1.165, 1.54) is 18.2 Å². The van der Waals surface area contributed by atoms with Crippen molar-refractivity contribution < 1.29 is 13.6 Å². The van der Waals surface area contributed by atoms with E-state index in [1.807, 2.05) is 13.0 Å². The third-order valence-corrected chi connectivity index (χ3v) is 4.38. The van der Waals surface area contributed by atoms with Gasteiger partial charge in [-0.05, 0) is 61.0 Å². The van der Waals surface area contributed by atoms with Gasteiger partial charge in [-0.3, -0.25) is 4.79 Å². The fraction of sp³-hybridized carbons (Fsp3) is 0.0455. The van der Waals surface area contributed by atoms with Crippen LogP contribution in [0, 0.1) is 12.7 Å². The highest BCUT2D eigenvalue weighted by Gasteiger charge is 2.14. The van der Waals surface area contributed by atoms with Crippen molar-refractivity contribution in [1.29, 1.82) is 0 Å². The standard InChI is InChI=1S/C22H15ClFN3O2/c1-13-5-8-20(25-12-13)27-21(28)18-10-14-9-15(23)6-7-19(14)29-22(18)26-17-4-2-3-16(24)11-17/h2-12H,1H3,(H,25,27,28). The third kappa shape index (κ3) is 4.33. The average molecular weight is 408 g/mol. The van der Waals surface area contributed by atoms with Gasteiger partial charge in [0.25, 0.3) is 5.91 Å². The second kappa shape index (κ2) is 7.85. The fourth-order valence-corrected chi connectivity index (χ4v) is 2.92. The summed E-state index contributed by atoms with van der Waals surface area (Å²) in [5, 5.41) is 3.87. The summed E-state index contributed by atoms with van der Waals surface area (Å²) in [6.07, 6.45) is 1.65. The quantitative estimate of drug-likeness (QED) is 0.493. The molecule has 0 aliphatic carbocycles. The summed E-state index contributed by atoms with van der Waals surface area (Å²) in [6.45, 7) is 1.90. The molecule has 0 saturated carbocycles. The van der Waals surface area contributed by atoms with Gasteiger partial charge >= 0.3 is 0 Å². The van der Waals surface area contributed by atoms with E-state index in [-0.39, 0.29) is 11.1 Å². The van der Waals surface area contributed by atoms with Crippen molar-refractivity contribution in [2.75, 3.05) is 5.32 Å². The molecule has 2 heterocycles. The summed E-state index contributed by atoms with van der Waals surface area (Å²) >= 11 is 6.06. The molecule has 0 aliphatic heterocycles. The van der Waals surface area contributed by atoms with Gasteiger partial charge in [0.2, 0.25) is 5.55 Å². The highest BCUT2D eigenvalue weighted by molar-refractivity contribution is 6.31. The molecule has 0 fully saturated rings. The number of anilines is 1. The molecule has 0 unspecified atom stereocenters. The maximum atomic E-state index is 13.6. The Morgan fingerprint density at radius 3 is 2.76 bits per heavy atom. The first-order chi connectivity index (χ1) is 14.0. The summed E-state index contributed by atoms with van der Waals surface area (Å²) in [5.41, 5.74) is 2.01. The van der Waals surface area contributed by atoms with Crippen molar-refractivity contribution in [3.63, 3.8) is 0 Å². The molecular formula is C22H15ClFN3O2. The second-order valence-corrected chi connectivity index (χ2v) is 6.85. The van der Waals surface area contributed by atoms with Gasteiger partial charge in [-0.1, -0.05) is 23.7 Å². The van der Waals surface area contributed by atoms with Crippen LogP contribution in [0.15, 0.2) is 76.3 Å². The lowest BCUT2D eigenvalue weighted by molar-refractivity contribution is 0.102. The van der Waals surface area contributed by atoms with Crippen LogP contribution in [0.3, 0.4) is 0 Å². The Morgan fingerprint density at radius 2 is 2.00 bits per heavy atom. The predicted octanol–water partition coefficient (Wildman–Crippen LogP) is 5.41. The lowest BCUT2D eigenvalue weighted by atomic mass is 10.1. The van der Waals surface area contributed by atoms with Crippen molar-refractivity contribution in [2.45, 2.75) is 6.92 Å². The zero-order valence-electron chi connectivity index (χ0n) is 15.3. The molecule has 0 aliphatic rings. The molecule has 29 heavy (non-hydrogen) atoms. The van der Waals surface area contributed by atoms with Crippen molar-refractivity contribution in [3.05, 3.63) is 94.4 Å². The predicted molar refractivity (Wildman–Crippen MR) is 110 cm³/mol. The fourth-order valence-electron chi connectivity index (χ4n) is 2.74. The molecule has 0 radical (unpaired) electrons. The van der Waals surface area contributed by atoms with Crippen LogP contribution in [0.1, 0.15) is 15.9 Å². The van der Waals surface area contributed by atoms with Gasteiger partial charge in [-0.15, -0.1) is 0 Å². The van der Waals surface area contributed by atoms with Crippen molar-refractivity contribution in [1.82, 2.24) is 4.98 Å². The minimum absolute atomic E-state index is 0.0510. The minimum Gasteiger partial charge on any atom is -0.438 e. The Balaban J connectivity index is 1.85. The van der Waals surface area contributed by atoms with Crippen molar-refractivity contribution >= 4 is 40.0 Å². The van der Waals surface area contributed by atoms with E-state index in [9.17, 15) is 9.18 Å². The number of fused-ring (bicyclic) bond motifs is 1. The molecule has 5 nitrogen and oxygen atoms in total. The summed E-state index contributed by atoms with van der Waals surface area (Å²) in [5.74, 6) is -0.501. The monoisotopic (exact) mass is 407 g/mol. The number of hydrogen-bond acceptors (Lipinski definition) is 4. The number of aryl methyl sites for hydroxylation is 1. The minimum atomic E-state index is -0.456. The number of carbonyl (C=O) groups excluding carboxylic acids is 1. The van der Waals surface area contributed by atoms with Crippen molar-refractivity contribution in [2.24, 2.45) is 4.99 Å². The largest absolute Gasteiger partial charge is 0.438 e. The van der Waals surface area contributed by atoms with Gasteiger partial charge in [0, 0.05) is 16.6 Å². The molecule has 0 bridgehead atoms. The van der Waals surface area contributed by atoms with E-state index in [0.717, 1.165) is 5.56 Å². The van der Waals surface area contributed by atoms with Crippen LogP contribution in [-0.2, 0) is 0 Å². The van der Waals surface area contributed by atoms with Gasteiger partial charge in [-0.25, -0.2) is 14.4 Å². The van der Waals surface area contributed by atoms with E-state index < -0.39 is 11.7 Å². The molecule has 1 N–H and O–H groups in total. The summed E-state index contributed by atoms with van der Waals surface area (Å²) in [7, 11) is 0. The SMILES string of the molecule is Cc1ccc(NC(=O)c2cc3cc(Cl)ccc3oc2=Nc2cccc(F)c2)nc1. The summed E-state index contributed by atoms with van der Waals surface area (Å²) in [4.78, 5) is 21.4. The Hall–Kier alpha value is -3.51. The molecule has 2 aromatic heterocycles. The molecule has 0 spiro atoms. The highest BCUT2D eigenvalue weighted by atomic mass is 35.5. The Bertz CT molecular complexity index is 1280. The van der Waals surface area contributed by atoms with Gasteiger partial charge in [0.15, 0.2) is 0 Å². The molecule has 4 aromatic rings. The number of carbonyl (C=O) groups is 1. The summed E-state index contributed by atoms with van der Waals surface area (Å²) in [6, 6.07) is 15.9. The third-order valence-electron chi connectivity index (χ3n) is 4.15. The van der Waals surface area contributed by atoms with Crippen LogP contribution in [0.5, 0.6) is 0 Å². The number of aromatic nitrogens is 1. The van der Waals surface area contributed by atoms with Crippen LogP contribution in [-0.4, -0.2) is 10.9 Å². The molecule has 144 valence electrons. The molecule has 1 amide bonds. The zero-order chi connectivity index (χ0) is 20.4. The second-order valence-electron chi connectivity index (χ2n) is 6.41. The van der Waals surface area contributed by atoms with E-state index in [1.54, 1.807) is 42.6 Å². The van der Waals surface area contributed by atoms with Gasteiger partial charge in [-0.2, -0.15) is 0 Å². The number of pyridine rings is 1. The number of rotatable bonds is 3. The number of benzene rings is 2. The molecule has 0 atom stereocenters. The Labute approximate surface area is 170 Å². The molecular weight excluding hydrogens is 393 g/mol. The Kier molecular flexibility index (Phi) is 5.10. The van der Waals surface area contributed by atoms with Crippen LogP contribution in [0.2, 0.25) is 5.02 Å². The number of amides is 1. The molecule has 0 saturated heterocycles. The first-order valence-electron chi connectivity index (χ1n) is 8.76. The number of nitrogens with one attached hydrogen (secondary N) is 1. The highest BCUT2D eigenvalue weighted by Crippen LogP contribution is 2.20. The van der Waals surface area contributed by atoms with Crippen LogP contribution < -0.4 is 10.9 Å². The molecule has 2 aromatic carbocycles. The van der Waals surface area contributed by atoms with Crippen LogP contribution >= 0.6 is 11.6 Å². The first-order valence-corrected chi connectivity index (χ1v) is 9.13. The van der Waals surface area contributed by atoms with E-state index in [0.29, 0.717) is 27.5 Å². The lowest BCUT2D eigenvalue weighted by Gasteiger charge is -2.07. The topological polar surface area (TPSA) is 67.5 Å². The van der Waals surface area contributed by atoms with E-state index in [2.05, 4.69) is 15.3 Å². The smallest absolute Gasteiger partial charge is 0.262 e. The number of halogens is 2. The molecule has 4 rings (SSSR count).